The highest BCUT2D eigenvalue weighted by atomic mass is 16.5. The highest BCUT2D eigenvalue weighted by molar-refractivity contribution is 5.37. The molecule has 0 atom stereocenters. The molecule has 0 bridgehead atoms. The molecule has 3 heteroatoms. The molecular formula is C16H24N2O. The van der Waals surface area contributed by atoms with E-state index in [0.29, 0.717) is 6.04 Å². The van der Waals surface area contributed by atoms with Crippen molar-refractivity contribution in [3.63, 3.8) is 0 Å². The molecule has 0 aromatic carbocycles. The van der Waals surface area contributed by atoms with Gasteiger partial charge in [0, 0.05) is 37.7 Å². The maximum atomic E-state index is 5.47. The van der Waals surface area contributed by atoms with Crippen LogP contribution in [0, 0.1) is 0 Å². The second-order valence-corrected chi connectivity index (χ2v) is 5.01. The molecule has 19 heavy (non-hydrogen) atoms. The Hall–Kier alpha value is -1.48. The van der Waals surface area contributed by atoms with E-state index in [4.69, 9.17) is 4.74 Å². The van der Waals surface area contributed by atoms with E-state index in [1.807, 2.05) is 12.3 Å². The lowest BCUT2D eigenvalue weighted by Crippen LogP contribution is -2.43. The van der Waals surface area contributed by atoms with E-state index in [9.17, 15) is 0 Å². The van der Waals surface area contributed by atoms with Gasteiger partial charge in [-0.15, -0.1) is 0 Å². The van der Waals surface area contributed by atoms with Gasteiger partial charge in [0.2, 0.25) is 0 Å². The van der Waals surface area contributed by atoms with Crippen LogP contribution in [0.5, 0.6) is 0 Å². The molecule has 0 aliphatic carbocycles. The predicted octanol–water partition coefficient (Wildman–Crippen LogP) is 3.25. The molecule has 0 spiro atoms. The van der Waals surface area contributed by atoms with Crippen LogP contribution in [0.1, 0.15) is 26.7 Å². The Morgan fingerprint density at radius 1 is 1.42 bits per heavy atom. The molecule has 2 aliphatic heterocycles. The van der Waals surface area contributed by atoms with Crippen LogP contribution in [0.15, 0.2) is 48.6 Å². The minimum atomic E-state index is 0.547. The van der Waals surface area contributed by atoms with Gasteiger partial charge in [-0.05, 0) is 38.3 Å². The van der Waals surface area contributed by atoms with Gasteiger partial charge in [-0.3, -0.25) is 0 Å². The second kappa shape index (κ2) is 6.11. The summed E-state index contributed by atoms with van der Waals surface area (Å²) in [5.41, 5.74) is 2.24. The highest BCUT2D eigenvalue weighted by Crippen LogP contribution is 2.29. The fraction of sp³-hybridized carbons (Fsp3) is 0.500. The summed E-state index contributed by atoms with van der Waals surface area (Å²) in [7, 11) is 0. The molecule has 0 radical (unpaired) electrons. The molecule has 1 fully saturated rings. The Kier molecular flexibility index (Phi) is 4.48. The van der Waals surface area contributed by atoms with E-state index in [2.05, 4.69) is 42.9 Å². The first-order valence-electron chi connectivity index (χ1n) is 7.03. The number of ether oxygens (including phenoxy) is 1. The van der Waals surface area contributed by atoms with Gasteiger partial charge < -0.3 is 14.5 Å². The quantitative estimate of drug-likeness (QED) is 0.771. The highest BCUT2D eigenvalue weighted by Gasteiger charge is 2.27. The normalized spacial score (nSPS) is 20.9. The molecule has 0 saturated carbocycles. The molecule has 0 amide bonds. The average molecular weight is 260 g/mol. The summed E-state index contributed by atoms with van der Waals surface area (Å²) >= 11 is 0. The summed E-state index contributed by atoms with van der Waals surface area (Å²) in [6.45, 7) is 15.1. The van der Waals surface area contributed by atoms with E-state index in [-0.39, 0.29) is 0 Å². The Morgan fingerprint density at radius 3 is 2.68 bits per heavy atom. The first-order valence-corrected chi connectivity index (χ1v) is 7.03. The third kappa shape index (κ3) is 2.76. The van der Waals surface area contributed by atoms with Crippen LogP contribution < -0.4 is 0 Å². The van der Waals surface area contributed by atoms with Gasteiger partial charge in [0.1, 0.15) is 5.82 Å². The van der Waals surface area contributed by atoms with Crippen molar-refractivity contribution in [1.82, 2.24) is 9.80 Å². The van der Waals surface area contributed by atoms with Crippen LogP contribution in [-0.2, 0) is 4.74 Å². The summed E-state index contributed by atoms with van der Waals surface area (Å²) in [6.07, 6.45) is 8.21. The lowest BCUT2D eigenvalue weighted by Gasteiger charge is -2.42. The Morgan fingerprint density at radius 2 is 2.11 bits per heavy atom. The molecule has 2 aliphatic rings. The number of allylic oxidation sites excluding steroid dienone is 3. The van der Waals surface area contributed by atoms with Crippen molar-refractivity contribution in [2.75, 3.05) is 19.8 Å². The molecule has 104 valence electrons. The lowest BCUT2D eigenvalue weighted by molar-refractivity contribution is 0.0402. The van der Waals surface area contributed by atoms with Gasteiger partial charge in [0.25, 0.3) is 0 Å². The third-order valence-electron chi connectivity index (χ3n) is 3.84. The van der Waals surface area contributed by atoms with Gasteiger partial charge in [0.05, 0.1) is 0 Å². The zero-order chi connectivity index (χ0) is 13.8. The predicted molar refractivity (Wildman–Crippen MR) is 79.2 cm³/mol. The third-order valence-corrected chi connectivity index (χ3v) is 3.84. The summed E-state index contributed by atoms with van der Waals surface area (Å²) in [5.74, 6) is 1.22. The summed E-state index contributed by atoms with van der Waals surface area (Å²) in [6, 6.07) is 0.547. The average Bonchev–Trinajstić information content (AvgIpc) is 2.45. The van der Waals surface area contributed by atoms with E-state index < -0.39 is 0 Å². The smallest absolute Gasteiger partial charge is 0.116 e. The number of rotatable bonds is 4. The van der Waals surface area contributed by atoms with Crippen molar-refractivity contribution in [2.45, 2.75) is 32.7 Å². The van der Waals surface area contributed by atoms with E-state index in [1.165, 1.54) is 11.4 Å². The van der Waals surface area contributed by atoms with Gasteiger partial charge in [0.15, 0.2) is 0 Å². The molecule has 3 nitrogen and oxygen atoms in total. The molecule has 0 N–H and O–H groups in total. The van der Waals surface area contributed by atoms with Crippen LogP contribution in [0.25, 0.3) is 0 Å². The van der Waals surface area contributed by atoms with Crippen molar-refractivity contribution in [2.24, 2.45) is 0 Å². The SMILES string of the molecule is C=CN1C(=C)C=CC(C)=C1N(CC)C1CCOCC1. The number of hydrogen-bond donors (Lipinski definition) is 0. The molecule has 1 saturated heterocycles. The maximum absolute atomic E-state index is 5.47. The van der Waals surface area contributed by atoms with Crippen molar-refractivity contribution >= 4 is 0 Å². The largest absolute Gasteiger partial charge is 0.381 e. The lowest BCUT2D eigenvalue weighted by atomic mass is 10.0. The second-order valence-electron chi connectivity index (χ2n) is 5.01. The topological polar surface area (TPSA) is 15.7 Å². The standard InChI is InChI=1S/C16H24N2O/c1-5-17-14(4)8-7-13(3)16(17)18(6-2)15-9-11-19-12-10-15/h5,7-8,15H,1,4,6,9-12H2,2-3H3. The zero-order valence-corrected chi connectivity index (χ0v) is 12.1. The maximum Gasteiger partial charge on any atom is 0.116 e. The molecule has 0 aromatic rings. The van der Waals surface area contributed by atoms with Gasteiger partial charge in [-0.1, -0.05) is 19.2 Å². The molecule has 2 heterocycles. The Labute approximate surface area is 116 Å². The fourth-order valence-electron chi connectivity index (χ4n) is 2.85. The van der Waals surface area contributed by atoms with Gasteiger partial charge in [-0.2, -0.15) is 0 Å². The summed E-state index contributed by atoms with van der Waals surface area (Å²) in [4.78, 5) is 4.56. The Bertz CT molecular complexity index is 416. The van der Waals surface area contributed by atoms with Crippen LogP contribution in [0.3, 0.4) is 0 Å². The van der Waals surface area contributed by atoms with Crippen LogP contribution in [-0.4, -0.2) is 35.6 Å². The molecule has 2 rings (SSSR count). The van der Waals surface area contributed by atoms with Crippen molar-refractivity contribution < 1.29 is 4.74 Å². The van der Waals surface area contributed by atoms with E-state index in [0.717, 1.165) is 38.3 Å². The minimum Gasteiger partial charge on any atom is -0.381 e. The van der Waals surface area contributed by atoms with Crippen molar-refractivity contribution in [3.8, 4) is 0 Å². The first-order chi connectivity index (χ1) is 9.19. The summed E-state index contributed by atoms with van der Waals surface area (Å²) < 4.78 is 5.47. The van der Waals surface area contributed by atoms with Crippen molar-refractivity contribution in [3.05, 3.63) is 48.6 Å². The van der Waals surface area contributed by atoms with Crippen molar-refractivity contribution in [1.29, 1.82) is 0 Å². The monoisotopic (exact) mass is 260 g/mol. The zero-order valence-electron chi connectivity index (χ0n) is 12.1. The van der Waals surface area contributed by atoms with Gasteiger partial charge >= 0.3 is 0 Å². The van der Waals surface area contributed by atoms with Crippen LogP contribution in [0.2, 0.25) is 0 Å². The molecule has 0 unspecified atom stereocenters. The number of nitrogens with zero attached hydrogens (tertiary/aromatic N) is 2. The fourth-order valence-corrected chi connectivity index (χ4v) is 2.85. The van der Waals surface area contributed by atoms with Crippen LogP contribution in [0.4, 0.5) is 0 Å². The summed E-state index contributed by atoms with van der Waals surface area (Å²) in [5, 5.41) is 0. The van der Waals surface area contributed by atoms with E-state index in [1.54, 1.807) is 0 Å². The Balaban J connectivity index is 2.30. The van der Waals surface area contributed by atoms with Crippen LogP contribution >= 0.6 is 0 Å². The minimum absolute atomic E-state index is 0.547. The molecule has 0 aromatic heterocycles. The number of hydrogen-bond acceptors (Lipinski definition) is 3. The van der Waals surface area contributed by atoms with Gasteiger partial charge in [-0.25, -0.2) is 0 Å². The molecular weight excluding hydrogens is 236 g/mol. The van der Waals surface area contributed by atoms with E-state index >= 15 is 0 Å². The first kappa shape index (κ1) is 13.9.